The second-order valence-electron chi connectivity index (χ2n) is 9.98. The van der Waals surface area contributed by atoms with Crippen molar-refractivity contribution in [3.63, 3.8) is 0 Å². The van der Waals surface area contributed by atoms with Crippen molar-refractivity contribution in [2.45, 2.75) is 26.1 Å². The summed E-state index contributed by atoms with van der Waals surface area (Å²) in [4.78, 5) is 0. The fourth-order valence-electron chi connectivity index (χ4n) is 4.65. The van der Waals surface area contributed by atoms with Gasteiger partial charge in [-0.3, -0.25) is 0 Å². The summed E-state index contributed by atoms with van der Waals surface area (Å²) < 4.78 is 25.0. The quantitative estimate of drug-likeness (QED) is 0.147. The van der Waals surface area contributed by atoms with Crippen LogP contribution in [0.15, 0.2) is 95.5 Å². The summed E-state index contributed by atoms with van der Waals surface area (Å²) in [7, 11) is 0. The SMILES string of the molecule is Cc1ccccc1OCC(O)COc1c2ccccc2c(OCC(O)COc2ccccc2C)c2cc(Br)ccc12. The van der Waals surface area contributed by atoms with E-state index in [2.05, 4.69) is 15.9 Å². The van der Waals surface area contributed by atoms with Gasteiger partial charge in [-0.1, -0.05) is 76.6 Å². The Balaban J connectivity index is 1.35. The molecule has 0 aromatic heterocycles. The first-order valence-electron chi connectivity index (χ1n) is 13.5. The number of aliphatic hydroxyl groups is 2. The third-order valence-electron chi connectivity index (χ3n) is 6.78. The van der Waals surface area contributed by atoms with Gasteiger partial charge in [0.05, 0.1) is 0 Å². The molecule has 0 amide bonds. The zero-order chi connectivity index (χ0) is 28.8. The zero-order valence-electron chi connectivity index (χ0n) is 23.0. The van der Waals surface area contributed by atoms with Crippen molar-refractivity contribution in [2.24, 2.45) is 0 Å². The number of aryl methyl sites for hydroxylation is 2. The number of hydrogen-bond acceptors (Lipinski definition) is 6. The molecule has 41 heavy (non-hydrogen) atoms. The van der Waals surface area contributed by atoms with Crippen LogP contribution in [-0.4, -0.2) is 48.8 Å². The van der Waals surface area contributed by atoms with Crippen molar-refractivity contribution in [1.29, 1.82) is 0 Å². The number of halogens is 1. The lowest BCUT2D eigenvalue weighted by atomic mass is 10.0. The predicted octanol–water partition coefficient (Wildman–Crippen LogP) is 7.01. The molecule has 0 saturated carbocycles. The number of para-hydroxylation sites is 2. The van der Waals surface area contributed by atoms with Gasteiger partial charge < -0.3 is 29.2 Å². The maximum atomic E-state index is 10.7. The molecule has 0 spiro atoms. The van der Waals surface area contributed by atoms with Gasteiger partial charge in [0.15, 0.2) is 0 Å². The van der Waals surface area contributed by atoms with Crippen LogP contribution >= 0.6 is 15.9 Å². The summed E-state index contributed by atoms with van der Waals surface area (Å²) in [6.45, 7) is 4.25. The van der Waals surface area contributed by atoms with E-state index in [1.165, 1.54) is 0 Å². The normalized spacial score (nSPS) is 12.7. The minimum absolute atomic E-state index is 0.0483. The van der Waals surface area contributed by atoms with Crippen LogP contribution in [0, 0.1) is 13.8 Å². The Morgan fingerprint density at radius 3 is 1.46 bits per heavy atom. The molecule has 7 heteroatoms. The molecule has 0 bridgehead atoms. The third-order valence-corrected chi connectivity index (χ3v) is 7.27. The summed E-state index contributed by atoms with van der Waals surface area (Å²) in [5, 5.41) is 24.7. The highest BCUT2D eigenvalue weighted by Crippen LogP contribution is 2.43. The van der Waals surface area contributed by atoms with Gasteiger partial charge in [-0.2, -0.15) is 0 Å². The maximum absolute atomic E-state index is 10.7. The summed E-state index contributed by atoms with van der Waals surface area (Å²) in [6.07, 6.45) is -1.67. The molecule has 0 radical (unpaired) electrons. The van der Waals surface area contributed by atoms with Crippen LogP contribution in [0.1, 0.15) is 11.1 Å². The topological polar surface area (TPSA) is 77.4 Å². The van der Waals surface area contributed by atoms with Gasteiger partial charge >= 0.3 is 0 Å². The average Bonchev–Trinajstić information content (AvgIpc) is 2.98. The lowest BCUT2D eigenvalue weighted by Crippen LogP contribution is -2.26. The van der Waals surface area contributed by atoms with Gasteiger partial charge in [-0.15, -0.1) is 0 Å². The molecule has 2 N–H and O–H groups in total. The van der Waals surface area contributed by atoms with Gasteiger partial charge in [0.2, 0.25) is 0 Å². The summed E-state index contributed by atoms with van der Waals surface area (Å²) in [5.74, 6) is 2.76. The molecular formula is C34H33BrO6. The van der Waals surface area contributed by atoms with Crippen molar-refractivity contribution in [3.8, 4) is 23.0 Å². The van der Waals surface area contributed by atoms with Crippen molar-refractivity contribution in [3.05, 3.63) is 107 Å². The largest absolute Gasteiger partial charge is 0.490 e. The van der Waals surface area contributed by atoms with Crippen LogP contribution in [0.2, 0.25) is 0 Å². The molecule has 212 valence electrons. The number of benzene rings is 5. The molecule has 5 rings (SSSR count). The van der Waals surface area contributed by atoms with Crippen LogP contribution in [-0.2, 0) is 0 Å². The summed E-state index contributed by atoms with van der Waals surface area (Å²) in [5.41, 5.74) is 2.01. The van der Waals surface area contributed by atoms with Gasteiger partial charge in [0, 0.05) is 26.0 Å². The maximum Gasteiger partial charge on any atom is 0.135 e. The Bertz CT molecular complexity index is 1640. The van der Waals surface area contributed by atoms with Gasteiger partial charge in [0.1, 0.15) is 61.6 Å². The van der Waals surface area contributed by atoms with Crippen molar-refractivity contribution < 1.29 is 29.2 Å². The molecule has 0 aliphatic carbocycles. The second kappa shape index (κ2) is 13.3. The standard InChI is InChI=1S/C34H33BrO6/c1-22-9-3-7-13-31(22)38-18-25(36)20-40-33-27-11-5-6-12-28(27)34(30-17-24(35)15-16-29(30)33)41-21-26(37)19-39-32-14-8-4-10-23(32)2/h3-17,25-26,36-37H,18-21H2,1-2H3. The van der Waals surface area contributed by atoms with E-state index in [1.54, 1.807) is 0 Å². The van der Waals surface area contributed by atoms with E-state index in [9.17, 15) is 10.2 Å². The van der Waals surface area contributed by atoms with Crippen LogP contribution in [0.25, 0.3) is 21.5 Å². The van der Waals surface area contributed by atoms with Crippen LogP contribution in [0.4, 0.5) is 0 Å². The van der Waals surface area contributed by atoms with Gasteiger partial charge in [-0.05, 0) is 55.3 Å². The Labute approximate surface area is 248 Å². The molecule has 2 unspecified atom stereocenters. The fourth-order valence-corrected chi connectivity index (χ4v) is 5.01. The first-order valence-corrected chi connectivity index (χ1v) is 14.3. The first-order chi connectivity index (χ1) is 19.9. The van der Waals surface area contributed by atoms with Crippen molar-refractivity contribution >= 4 is 37.5 Å². The molecule has 2 atom stereocenters. The molecule has 0 saturated heterocycles. The molecule has 5 aromatic carbocycles. The Morgan fingerprint density at radius 2 is 0.951 bits per heavy atom. The van der Waals surface area contributed by atoms with Crippen LogP contribution in [0.5, 0.6) is 23.0 Å². The molecule has 5 aromatic rings. The monoisotopic (exact) mass is 616 g/mol. The van der Waals surface area contributed by atoms with E-state index in [0.717, 1.165) is 48.6 Å². The first kappa shape index (κ1) is 28.7. The predicted molar refractivity (Wildman–Crippen MR) is 166 cm³/mol. The fraction of sp³-hybridized carbons (Fsp3) is 0.235. The van der Waals surface area contributed by atoms with Crippen molar-refractivity contribution in [2.75, 3.05) is 26.4 Å². The van der Waals surface area contributed by atoms with E-state index < -0.39 is 12.2 Å². The lowest BCUT2D eigenvalue weighted by Gasteiger charge is -2.21. The van der Waals surface area contributed by atoms with Gasteiger partial charge in [-0.25, -0.2) is 0 Å². The molecule has 6 nitrogen and oxygen atoms in total. The van der Waals surface area contributed by atoms with E-state index >= 15 is 0 Å². The Kier molecular flexibility index (Phi) is 9.29. The number of hydrogen-bond donors (Lipinski definition) is 2. The molecule has 0 heterocycles. The van der Waals surface area contributed by atoms with E-state index in [4.69, 9.17) is 18.9 Å². The van der Waals surface area contributed by atoms with Crippen LogP contribution < -0.4 is 18.9 Å². The Hall–Kier alpha value is -3.78. The molecule has 0 aliphatic rings. The number of ether oxygens (including phenoxy) is 4. The van der Waals surface area contributed by atoms with E-state index in [1.807, 2.05) is 105 Å². The Morgan fingerprint density at radius 1 is 0.537 bits per heavy atom. The highest BCUT2D eigenvalue weighted by Gasteiger charge is 2.19. The minimum atomic E-state index is -0.838. The summed E-state index contributed by atoms with van der Waals surface area (Å²) >= 11 is 3.58. The highest BCUT2D eigenvalue weighted by atomic mass is 79.9. The lowest BCUT2D eigenvalue weighted by molar-refractivity contribution is 0.0627. The molecular weight excluding hydrogens is 584 g/mol. The van der Waals surface area contributed by atoms with Gasteiger partial charge in [0.25, 0.3) is 0 Å². The van der Waals surface area contributed by atoms with Crippen molar-refractivity contribution in [1.82, 2.24) is 0 Å². The highest BCUT2D eigenvalue weighted by molar-refractivity contribution is 9.10. The number of aliphatic hydroxyl groups excluding tert-OH is 2. The zero-order valence-corrected chi connectivity index (χ0v) is 24.6. The third kappa shape index (κ3) is 6.93. The van der Waals surface area contributed by atoms with Crippen LogP contribution in [0.3, 0.4) is 0 Å². The number of fused-ring (bicyclic) bond motifs is 2. The molecule has 0 fully saturated rings. The molecule has 0 aliphatic heterocycles. The minimum Gasteiger partial charge on any atom is -0.490 e. The van der Waals surface area contributed by atoms with E-state index in [0.29, 0.717) is 11.5 Å². The summed E-state index contributed by atoms with van der Waals surface area (Å²) in [6, 6.07) is 29.1. The average molecular weight is 618 g/mol. The number of rotatable bonds is 12. The van der Waals surface area contributed by atoms with E-state index in [-0.39, 0.29) is 26.4 Å². The smallest absolute Gasteiger partial charge is 0.135 e. The second-order valence-corrected chi connectivity index (χ2v) is 10.9.